The second-order valence-electron chi connectivity index (χ2n) is 8.22. The summed E-state index contributed by atoms with van der Waals surface area (Å²) in [7, 11) is 3.57. The first-order valence-electron chi connectivity index (χ1n) is 11.1. The van der Waals surface area contributed by atoms with Crippen LogP contribution in [0, 0.1) is 5.92 Å². The Bertz CT molecular complexity index is 614. The Morgan fingerprint density at radius 1 is 1.07 bits per heavy atom. The maximum absolute atomic E-state index is 5.70. The summed E-state index contributed by atoms with van der Waals surface area (Å²) in [5.74, 6) is 1.56. The van der Waals surface area contributed by atoms with Crippen LogP contribution in [0.3, 0.4) is 0 Å². The number of methoxy groups -OCH3 is 1. The van der Waals surface area contributed by atoms with Crippen molar-refractivity contribution in [2.75, 3.05) is 60.2 Å². The number of ether oxygens (including phenoxy) is 2. The number of rotatable bonds is 9. The standard InChI is InChI=1S/C23H38N4O2/c1-24-23(27-13-10-22(18-27)19-29-15-14-28-2)25-16-20-6-8-21(9-7-20)17-26-11-4-3-5-12-26/h6-9,22H,3-5,10-19H2,1-2H3,(H,24,25). The second kappa shape index (κ2) is 12.2. The van der Waals surface area contributed by atoms with Crippen molar-refractivity contribution in [3.8, 4) is 0 Å². The molecule has 6 heteroatoms. The number of piperidine rings is 1. The van der Waals surface area contributed by atoms with E-state index >= 15 is 0 Å². The van der Waals surface area contributed by atoms with Crippen LogP contribution in [0.5, 0.6) is 0 Å². The third kappa shape index (κ3) is 7.28. The Kier molecular flexibility index (Phi) is 9.25. The first-order valence-corrected chi connectivity index (χ1v) is 11.1. The molecule has 0 aliphatic carbocycles. The van der Waals surface area contributed by atoms with Crippen LogP contribution in [0.1, 0.15) is 36.8 Å². The third-order valence-corrected chi connectivity index (χ3v) is 5.91. The maximum Gasteiger partial charge on any atom is 0.193 e. The molecule has 0 saturated carbocycles. The zero-order chi connectivity index (χ0) is 20.3. The van der Waals surface area contributed by atoms with Crippen molar-refractivity contribution in [1.29, 1.82) is 0 Å². The maximum atomic E-state index is 5.70. The van der Waals surface area contributed by atoms with Crippen LogP contribution in [0.15, 0.2) is 29.3 Å². The minimum atomic E-state index is 0.569. The van der Waals surface area contributed by atoms with Gasteiger partial charge in [-0.05, 0) is 43.5 Å². The molecule has 1 atom stereocenters. The average molecular weight is 403 g/mol. The molecule has 2 aliphatic heterocycles. The molecule has 2 heterocycles. The van der Waals surface area contributed by atoms with E-state index in [2.05, 4.69) is 44.4 Å². The smallest absolute Gasteiger partial charge is 0.193 e. The summed E-state index contributed by atoms with van der Waals surface area (Å²) in [6, 6.07) is 9.04. The van der Waals surface area contributed by atoms with E-state index in [1.165, 1.54) is 43.5 Å². The minimum absolute atomic E-state index is 0.569. The molecule has 162 valence electrons. The number of nitrogens with one attached hydrogen (secondary N) is 1. The monoisotopic (exact) mass is 402 g/mol. The van der Waals surface area contributed by atoms with Crippen LogP contribution < -0.4 is 5.32 Å². The Morgan fingerprint density at radius 3 is 2.55 bits per heavy atom. The molecule has 0 spiro atoms. The van der Waals surface area contributed by atoms with Crippen molar-refractivity contribution in [2.45, 2.75) is 38.8 Å². The fraction of sp³-hybridized carbons (Fsp3) is 0.696. The first kappa shape index (κ1) is 22.1. The number of hydrogen-bond donors (Lipinski definition) is 1. The second-order valence-corrected chi connectivity index (χ2v) is 8.22. The third-order valence-electron chi connectivity index (χ3n) is 5.91. The van der Waals surface area contributed by atoms with Gasteiger partial charge in [-0.3, -0.25) is 9.89 Å². The molecule has 1 aromatic rings. The average Bonchev–Trinajstić information content (AvgIpc) is 3.22. The van der Waals surface area contributed by atoms with Gasteiger partial charge in [0.2, 0.25) is 0 Å². The van der Waals surface area contributed by atoms with Crippen molar-refractivity contribution in [1.82, 2.24) is 15.1 Å². The highest BCUT2D eigenvalue weighted by molar-refractivity contribution is 5.80. The van der Waals surface area contributed by atoms with E-state index in [0.717, 1.165) is 45.2 Å². The van der Waals surface area contributed by atoms with Crippen molar-refractivity contribution in [3.63, 3.8) is 0 Å². The normalized spacial score (nSPS) is 21.0. The van der Waals surface area contributed by atoms with Gasteiger partial charge in [-0.15, -0.1) is 0 Å². The highest BCUT2D eigenvalue weighted by atomic mass is 16.5. The topological polar surface area (TPSA) is 49.3 Å². The van der Waals surface area contributed by atoms with Gasteiger partial charge in [0.1, 0.15) is 0 Å². The number of hydrogen-bond acceptors (Lipinski definition) is 4. The van der Waals surface area contributed by atoms with Gasteiger partial charge >= 0.3 is 0 Å². The molecule has 0 amide bonds. The van der Waals surface area contributed by atoms with Gasteiger partial charge in [-0.25, -0.2) is 0 Å². The highest BCUT2D eigenvalue weighted by Crippen LogP contribution is 2.17. The van der Waals surface area contributed by atoms with Crippen LogP contribution >= 0.6 is 0 Å². The molecule has 3 rings (SSSR count). The number of aliphatic imine (C=N–C) groups is 1. The lowest BCUT2D eigenvalue weighted by Crippen LogP contribution is -2.39. The Hall–Kier alpha value is -1.63. The molecule has 1 aromatic carbocycles. The van der Waals surface area contributed by atoms with Crippen molar-refractivity contribution in [2.24, 2.45) is 10.9 Å². The molecular formula is C23H38N4O2. The molecule has 1 N–H and O–H groups in total. The van der Waals surface area contributed by atoms with Crippen LogP contribution in [0.2, 0.25) is 0 Å². The molecule has 0 aromatic heterocycles. The molecule has 2 aliphatic rings. The van der Waals surface area contributed by atoms with E-state index in [1.54, 1.807) is 7.11 Å². The number of nitrogens with zero attached hydrogens (tertiary/aromatic N) is 3. The molecule has 0 radical (unpaired) electrons. The Balaban J connectivity index is 1.40. The van der Waals surface area contributed by atoms with Crippen LogP contribution in [-0.2, 0) is 22.6 Å². The van der Waals surface area contributed by atoms with Crippen LogP contribution in [0.25, 0.3) is 0 Å². The molecule has 1 unspecified atom stereocenters. The lowest BCUT2D eigenvalue weighted by Gasteiger charge is -2.26. The summed E-state index contributed by atoms with van der Waals surface area (Å²) >= 11 is 0. The lowest BCUT2D eigenvalue weighted by molar-refractivity contribution is 0.0536. The van der Waals surface area contributed by atoms with Gasteiger partial charge in [0.25, 0.3) is 0 Å². The van der Waals surface area contributed by atoms with Gasteiger partial charge in [-0.1, -0.05) is 30.7 Å². The molecule has 29 heavy (non-hydrogen) atoms. The van der Waals surface area contributed by atoms with Crippen molar-refractivity contribution < 1.29 is 9.47 Å². The summed E-state index contributed by atoms with van der Waals surface area (Å²) in [6.07, 6.45) is 5.23. The van der Waals surface area contributed by atoms with Gasteiger partial charge in [0, 0.05) is 46.3 Å². The summed E-state index contributed by atoms with van der Waals surface area (Å²) in [5.41, 5.74) is 2.71. The zero-order valence-electron chi connectivity index (χ0n) is 18.2. The van der Waals surface area contributed by atoms with E-state index in [1.807, 2.05) is 7.05 Å². The molecule has 2 fully saturated rings. The quantitative estimate of drug-likeness (QED) is 0.391. The Morgan fingerprint density at radius 2 is 1.83 bits per heavy atom. The largest absolute Gasteiger partial charge is 0.382 e. The van der Waals surface area contributed by atoms with Gasteiger partial charge in [-0.2, -0.15) is 0 Å². The fourth-order valence-electron chi connectivity index (χ4n) is 4.20. The molecule has 6 nitrogen and oxygen atoms in total. The van der Waals surface area contributed by atoms with E-state index in [9.17, 15) is 0 Å². The SMILES string of the molecule is CN=C(NCc1ccc(CN2CCCCC2)cc1)N1CCC(COCCOC)C1. The van der Waals surface area contributed by atoms with E-state index < -0.39 is 0 Å². The fourth-order valence-corrected chi connectivity index (χ4v) is 4.20. The van der Waals surface area contributed by atoms with Gasteiger partial charge in [0.15, 0.2) is 5.96 Å². The minimum Gasteiger partial charge on any atom is -0.382 e. The summed E-state index contributed by atoms with van der Waals surface area (Å²) in [5, 5.41) is 3.53. The number of guanidine groups is 1. The zero-order valence-corrected chi connectivity index (χ0v) is 18.2. The van der Waals surface area contributed by atoms with Gasteiger partial charge in [0.05, 0.1) is 19.8 Å². The number of benzene rings is 1. The van der Waals surface area contributed by atoms with Crippen LogP contribution in [-0.4, -0.2) is 75.9 Å². The highest BCUT2D eigenvalue weighted by Gasteiger charge is 2.24. The van der Waals surface area contributed by atoms with Crippen molar-refractivity contribution in [3.05, 3.63) is 35.4 Å². The predicted octanol–water partition coefficient (Wildman–Crippen LogP) is 2.73. The summed E-state index contributed by atoms with van der Waals surface area (Å²) in [6.45, 7) is 8.55. The summed E-state index contributed by atoms with van der Waals surface area (Å²) < 4.78 is 10.7. The molecule has 2 saturated heterocycles. The molecule has 0 bridgehead atoms. The summed E-state index contributed by atoms with van der Waals surface area (Å²) in [4.78, 5) is 9.40. The van der Waals surface area contributed by atoms with E-state index in [4.69, 9.17) is 9.47 Å². The van der Waals surface area contributed by atoms with E-state index in [-0.39, 0.29) is 0 Å². The van der Waals surface area contributed by atoms with Gasteiger partial charge < -0.3 is 19.7 Å². The number of likely N-dealkylation sites (tertiary alicyclic amines) is 2. The van der Waals surface area contributed by atoms with Crippen LogP contribution in [0.4, 0.5) is 0 Å². The van der Waals surface area contributed by atoms with E-state index in [0.29, 0.717) is 19.1 Å². The Labute approximate surface area is 176 Å². The first-order chi connectivity index (χ1) is 14.3. The lowest BCUT2D eigenvalue weighted by atomic mass is 10.1. The van der Waals surface area contributed by atoms with Crippen molar-refractivity contribution >= 4 is 5.96 Å². The predicted molar refractivity (Wildman–Crippen MR) is 118 cm³/mol. The molecular weight excluding hydrogens is 364 g/mol.